The third-order valence-corrected chi connectivity index (χ3v) is 6.63. The Kier molecular flexibility index (Phi) is 9.03. The van der Waals surface area contributed by atoms with Crippen molar-refractivity contribution in [2.75, 3.05) is 0 Å². The van der Waals surface area contributed by atoms with E-state index in [2.05, 4.69) is 5.32 Å². The maximum Gasteiger partial charge on any atom is 0.416 e. The molecule has 0 saturated heterocycles. The zero-order chi connectivity index (χ0) is 28.4. The minimum absolute atomic E-state index is 0.0156. The summed E-state index contributed by atoms with van der Waals surface area (Å²) in [7, 11) is 0. The highest BCUT2D eigenvalue weighted by atomic mass is 19.4. The lowest BCUT2D eigenvalue weighted by Crippen LogP contribution is -2.34. The molecule has 3 aromatic rings. The Morgan fingerprint density at radius 2 is 1.61 bits per heavy atom. The number of hydrogen-bond acceptors (Lipinski definition) is 3. The van der Waals surface area contributed by atoms with Gasteiger partial charge in [0.2, 0.25) is 0 Å². The predicted octanol–water partition coefficient (Wildman–Crippen LogP) is 8.34. The summed E-state index contributed by atoms with van der Waals surface area (Å²) in [5, 5.41) is 3.35. The summed E-state index contributed by atoms with van der Waals surface area (Å²) in [5.41, 5.74) is 5.19. The molecule has 2 atom stereocenters. The average Bonchev–Trinajstić information content (AvgIpc) is 2.80. The van der Waals surface area contributed by atoms with Crippen molar-refractivity contribution < 1.29 is 27.1 Å². The summed E-state index contributed by atoms with van der Waals surface area (Å²) in [4.78, 5) is 11.9. The zero-order valence-electron chi connectivity index (χ0n) is 22.9. The normalized spacial score (nSPS) is 13.5. The standard InChI is InChI=1S/C31H35F4NO2/c1-17(2)27-15-28(20(5)13-29(27)32)26-9-8-18(3)10-24(26)16-36-21(6)30(38-22(7)37)23-11-19(4)12-25(14-23)31(33,34)35/h8-15,17,21,30,36H,16H2,1-7H3/t21-,30-/m0/s1. The lowest BCUT2D eigenvalue weighted by atomic mass is 9.90. The van der Waals surface area contributed by atoms with Crippen LogP contribution in [0.3, 0.4) is 0 Å². The minimum Gasteiger partial charge on any atom is -0.456 e. The largest absolute Gasteiger partial charge is 0.456 e. The first kappa shape index (κ1) is 29.4. The van der Waals surface area contributed by atoms with E-state index in [0.29, 0.717) is 17.7 Å². The second kappa shape index (κ2) is 11.7. The Morgan fingerprint density at radius 3 is 2.21 bits per heavy atom. The van der Waals surface area contributed by atoms with Gasteiger partial charge in [-0.15, -0.1) is 0 Å². The molecule has 0 aliphatic rings. The number of rotatable bonds is 8. The second-order valence-electron chi connectivity index (χ2n) is 10.3. The van der Waals surface area contributed by atoms with Crippen LogP contribution in [-0.4, -0.2) is 12.0 Å². The first-order chi connectivity index (χ1) is 17.7. The van der Waals surface area contributed by atoms with E-state index >= 15 is 0 Å². The molecule has 7 heteroatoms. The van der Waals surface area contributed by atoms with Crippen LogP contribution >= 0.6 is 0 Å². The summed E-state index contributed by atoms with van der Waals surface area (Å²) in [6.45, 7) is 12.7. The number of alkyl halides is 3. The monoisotopic (exact) mass is 529 g/mol. The van der Waals surface area contributed by atoms with Crippen molar-refractivity contribution in [2.45, 2.75) is 79.3 Å². The maximum atomic E-state index is 14.6. The maximum absolute atomic E-state index is 14.6. The SMILES string of the molecule is CC(=O)O[C@H](c1cc(C)cc(C(F)(F)F)c1)[C@H](C)NCc1cc(C)ccc1-c1cc(C(C)C)c(F)cc1C. The van der Waals surface area contributed by atoms with Crippen molar-refractivity contribution in [3.05, 3.63) is 93.3 Å². The molecule has 3 rings (SSSR count). The molecule has 204 valence electrons. The molecule has 0 saturated carbocycles. The van der Waals surface area contributed by atoms with Gasteiger partial charge in [-0.3, -0.25) is 4.79 Å². The number of esters is 1. The van der Waals surface area contributed by atoms with E-state index in [1.807, 2.05) is 52.0 Å². The van der Waals surface area contributed by atoms with Crippen LogP contribution in [0.15, 0.2) is 48.5 Å². The highest BCUT2D eigenvalue weighted by Gasteiger charge is 2.33. The molecular formula is C31H35F4NO2. The molecule has 0 aliphatic heterocycles. The molecule has 3 nitrogen and oxygen atoms in total. The van der Waals surface area contributed by atoms with Gasteiger partial charge in [-0.2, -0.15) is 13.2 Å². The fourth-order valence-corrected chi connectivity index (χ4v) is 4.71. The quantitative estimate of drug-likeness (QED) is 0.235. The van der Waals surface area contributed by atoms with Gasteiger partial charge in [0.05, 0.1) is 5.56 Å². The average molecular weight is 530 g/mol. The molecule has 0 heterocycles. The third-order valence-electron chi connectivity index (χ3n) is 6.63. The smallest absolute Gasteiger partial charge is 0.416 e. The van der Waals surface area contributed by atoms with Crippen LogP contribution in [0.4, 0.5) is 17.6 Å². The summed E-state index contributed by atoms with van der Waals surface area (Å²) in [6.07, 6.45) is -5.45. The lowest BCUT2D eigenvalue weighted by molar-refractivity contribution is -0.148. The molecule has 0 radical (unpaired) electrons. The van der Waals surface area contributed by atoms with Gasteiger partial charge in [-0.25, -0.2) is 4.39 Å². The van der Waals surface area contributed by atoms with Gasteiger partial charge in [0.15, 0.2) is 0 Å². The van der Waals surface area contributed by atoms with E-state index in [1.165, 1.54) is 6.92 Å². The molecule has 0 spiro atoms. The Morgan fingerprint density at radius 1 is 0.921 bits per heavy atom. The van der Waals surface area contributed by atoms with E-state index < -0.39 is 29.9 Å². The van der Waals surface area contributed by atoms with Gasteiger partial charge in [0.25, 0.3) is 0 Å². The van der Waals surface area contributed by atoms with E-state index in [1.54, 1.807) is 26.0 Å². The number of benzene rings is 3. The summed E-state index contributed by atoms with van der Waals surface area (Å²) in [5.74, 6) is -0.804. The fraction of sp³-hybridized carbons (Fsp3) is 0.387. The zero-order valence-corrected chi connectivity index (χ0v) is 22.9. The van der Waals surface area contributed by atoms with Crippen LogP contribution < -0.4 is 5.32 Å². The number of ether oxygens (including phenoxy) is 1. The molecule has 1 N–H and O–H groups in total. The second-order valence-corrected chi connectivity index (χ2v) is 10.3. The van der Waals surface area contributed by atoms with Gasteiger partial charge >= 0.3 is 12.1 Å². The Balaban J connectivity index is 1.97. The summed E-state index contributed by atoms with van der Waals surface area (Å²) >= 11 is 0. The van der Waals surface area contributed by atoms with Gasteiger partial charge in [0.1, 0.15) is 11.9 Å². The molecule has 38 heavy (non-hydrogen) atoms. The van der Waals surface area contributed by atoms with Crippen molar-refractivity contribution in [3.63, 3.8) is 0 Å². The highest BCUT2D eigenvalue weighted by molar-refractivity contribution is 5.72. The third kappa shape index (κ3) is 7.01. The first-order valence-corrected chi connectivity index (χ1v) is 12.7. The van der Waals surface area contributed by atoms with Crippen molar-refractivity contribution in [1.82, 2.24) is 5.32 Å². The van der Waals surface area contributed by atoms with Gasteiger partial charge in [0, 0.05) is 19.5 Å². The molecule has 0 amide bonds. The number of aryl methyl sites for hydroxylation is 3. The van der Waals surface area contributed by atoms with E-state index in [-0.39, 0.29) is 17.3 Å². The van der Waals surface area contributed by atoms with E-state index in [9.17, 15) is 22.4 Å². The van der Waals surface area contributed by atoms with Crippen LogP contribution in [0.2, 0.25) is 0 Å². The number of nitrogens with one attached hydrogen (secondary N) is 1. The first-order valence-electron chi connectivity index (χ1n) is 12.7. The Labute approximate surface area is 222 Å². The summed E-state index contributed by atoms with van der Waals surface area (Å²) in [6, 6.07) is 12.7. The molecule has 0 fully saturated rings. The number of halogens is 4. The van der Waals surface area contributed by atoms with Crippen LogP contribution in [0.1, 0.15) is 78.7 Å². The minimum atomic E-state index is -4.52. The van der Waals surface area contributed by atoms with Crippen LogP contribution in [0.5, 0.6) is 0 Å². The van der Waals surface area contributed by atoms with Crippen molar-refractivity contribution in [3.8, 4) is 11.1 Å². The number of carbonyl (C=O) groups is 1. The van der Waals surface area contributed by atoms with E-state index in [4.69, 9.17) is 4.74 Å². The van der Waals surface area contributed by atoms with Crippen LogP contribution in [0.25, 0.3) is 11.1 Å². The van der Waals surface area contributed by atoms with Gasteiger partial charge in [-0.1, -0.05) is 49.2 Å². The molecule has 0 bridgehead atoms. The lowest BCUT2D eigenvalue weighted by Gasteiger charge is -2.27. The molecular weight excluding hydrogens is 494 g/mol. The predicted molar refractivity (Wildman–Crippen MR) is 142 cm³/mol. The van der Waals surface area contributed by atoms with Gasteiger partial charge < -0.3 is 10.1 Å². The molecule has 0 aromatic heterocycles. The fourth-order valence-electron chi connectivity index (χ4n) is 4.71. The van der Waals surface area contributed by atoms with Crippen molar-refractivity contribution in [2.24, 2.45) is 0 Å². The summed E-state index contributed by atoms with van der Waals surface area (Å²) < 4.78 is 60.5. The highest BCUT2D eigenvalue weighted by Crippen LogP contribution is 2.35. The Bertz CT molecular complexity index is 1310. The van der Waals surface area contributed by atoms with Crippen LogP contribution in [0, 0.1) is 26.6 Å². The van der Waals surface area contributed by atoms with Crippen molar-refractivity contribution in [1.29, 1.82) is 0 Å². The van der Waals surface area contributed by atoms with E-state index in [0.717, 1.165) is 39.9 Å². The van der Waals surface area contributed by atoms with Gasteiger partial charge in [-0.05, 0) is 91.3 Å². The Hall–Kier alpha value is -3.19. The van der Waals surface area contributed by atoms with Crippen molar-refractivity contribution >= 4 is 5.97 Å². The van der Waals surface area contributed by atoms with Crippen LogP contribution in [-0.2, 0) is 22.3 Å². The topological polar surface area (TPSA) is 38.3 Å². The molecule has 3 aromatic carbocycles. The molecule has 0 aliphatic carbocycles. The molecule has 0 unspecified atom stereocenters. The number of carbonyl (C=O) groups excluding carboxylic acids is 1. The number of hydrogen-bond donors (Lipinski definition) is 1.